The highest BCUT2D eigenvalue weighted by Crippen LogP contribution is 2.18. The minimum atomic E-state index is -0.280. The highest BCUT2D eigenvalue weighted by atomic mass is 16.5. The van der Waals surface area contributed by atoms with Gasteiger partial charge in [-0.3, -0.25) is 9.59 Å². The predicted molar refractivity (Wildman–Crippen MR) is 93.8 cm³/mol. The Balaban J connectivity index is 1.93. The van der Waals surface area contributed by atoms with Crippen molar-refractivity contribution in [3.8, 4) is 11.5 Å². The number of benzene rings is 2. The lowest BCUT2D eigenvalue weighted by atomic mass is 10.1. The number of rotatable bonds is 7. The van der Waals surface area contributed by atoms with Crippen molar-refractivity contribution in [3.63, 3.8) is 0 Å². The van der Waals surface area contributed by atoms with Gasteiger partial charge in [-0.2, -0.15) is 0 Å². The number of ketones is 2. The Bertz CT molecular complexity index is 770. The van der Waals surface area contributed by atoms with Crippen molar-refractivity contribution in [2.45, 2.75) is 6.42 Å². The molecule has 0 saturated heterocycles. The molecule has 0 fully saturated rings. The number of para-hydroxylation sites is 1. The van der Waals surface area contributed by atoms with Gasteiger partial charge in [-0.15, -0.1) is 0 Å². The van der Waals surface area contributed by atoms with E-state index in [0.717, 1.165) is 11.1 Å². The van der Waals surface area contributed by atoms with Gasteiger partial charge in [0, 0.05) is 5.56 Å². The SMILES string of the molecule is COc1ccccc1C=CC(=O)CC(=O)C=Cc1ccc(O)cc1. The van der Waals surface area contributed by atoms with E-state index in [2.05, 4.69) is 0 Å². The number of phenols is 1. The molecule has 4 nitrogen and oxygen atoms in total. The van der Waals surface area contributed by atoms with Crippen LogP contribution in [0, 0.1) is 0 Å². The summed E-state index contributed by atoms with van der Waals surface area (Å²) in [6.07, 6.45) is 5.79. The van der Waals surface area contributed by atoms with E-state index in [1.165, 1.54) is 24.3 Å². The first kappa shape index (κ1) is 17.2. The first-order chi connectivity index (χ1) is 11.6. The first-order valence-corrected chi connectivity index (χ1v) is 7.42. The molecule has 0 aliphatic rings. The normalized spacial score (nSPS) is 11.0. The molecular formula is C20H18O4. The van der Waals surface area contributed by atoms with Crippen LogP contribution in [0.2, 0.25) is 0 Å². The Morgan fingerprint density at radius 1 is 0.958 bits per heavy atom. The molecule has 0 radical (unpaired) electrons. The quantitative estimate of drug-likeness (QED) is 0.624. The van der Waals surface area contributed by atoms with Gasteiger partial charge in [-0.1, -0.05) is 36.4 Å². The van der Waals surface area contributed by atoms with E-state index in [9.17, 15) is 14.7 Å². The van der Waals surface area contributed by atoms with Crippen LogP contribution in [-0.2, 0) is 9.59 Å². The molecule has 0 aliphatic carbocycles. The predicted octanol–water partition coefficient (Wildman–Crippen LogP) is 3.66. The van der Waals surface area contributed by atoms with Gasteiger partial charge in [0.2, 0.25) is 0 Å². The van der Waals surface area contributed by atoms with E-state index >= 15 is 0 Å². The molecule has 2 aromatic carbocycles. The van der Waals surface area contributed by atoms with Gasteiger partial charge in [0.25, 0.3) is 0 Å². The molecule has 0 spiro atoms. The van der Waals surface area contributed by atoms with E-state index in [1.54, 1.807) is 37.5 Å². The summed E-state index contributed by atoms with van der Waals surface area (Å²) in [6, 6.07) is 13.8. The smallest absolute Gasteiger partial charge is 0.163 e. The fourth-order valence-electron chi connectivity index (χ4n) is 2.05. The van der Waals surface area contributed by atoms with Gasteiger partial charge in [0.1, 0.15) is 11.5 Å². The van der Waals surface area contributed by atoms with Crippen LogP contribution in [0.25, 0.3) is 12.2 Å². The molecule has 0 unspecified atom stereocenters. The van der Waals surface area contributed by atoms with Gasteiger partial charge >= 0.3 is 0 Å². The number of carbonyl (C=O) groups excluding carboxylic acids is 2. The number of allylic oxidation sites excluding steroid dienone is 2. The lowest BCUT2D eigenvalue weighted by Crippen LogP contribution is -2.02. The Labute approximate surface area is 140 Å². The van der Waals surface area contributed by atoms with Gasteiger partial charge in [0.05, 0.1) is 13.5 Å². The second kappa shape index (κ2) is 8.48. The molecule has 24 heavy (non-hydrogen) atoms. The third-order valence-corrected chi connectivity index (χ3v) is 3.29. The van der Waals surface area contributed by atoms with Crippen LogP contribution in [0.1, 0.15) is 17.5 Å². The minimum absolute atomic E-state index is 0.162. The monoisotopic (exact) mass is 322 g/mol. The third kappa shape index (κ3) is 5.25. The van der Waals surface area contributed by atoms with E-state index in [4.69, 9.17) is 4.74 Å². The van der Waals surface area contributed by atoms with E-state index in [0.29, 0.717) is 5.75 Å². The number of carbonyl (C=O) groups is 2. The lowest BCUT2D eigenvalue weighted by molar-refractivity contribution is -0.121. The summed E-state index contributed by atoms with van der Waals surface area (Å²) in [5.74, 6) is 0.272. The summed E-state index contributed by atoms with van der Waals surface area (Å²) in [6.45, 7) is 0. The molecule has 0 atom stereocenters. The van der Waals surface area contributed by atoms with Gasteiger partial charge in [-0.05, 0) is 42.0 Å². The summed E-state index contributed by atoms with van der Waals surface area (Å²) in [7, 11) is 1.56. The molecule has 0 bridgehead atoms. The molecule has 122 valence electrons. The maximum absolute atomic E-state index is 11.9. The second-order valence-corrected chi connectivity index (χ2v) is 5.11. The largest absolute Gasteiger partial charge is 0.508 e. The van der Waals surface area contributed by atoms with Crippen LogP contribution in [0.3, 0.4) is 0 Å². The van der Waals surface area contributed by atoms with Crippen LogP contribution in [0.5, 0.6) is 11.5 Å². The van der Waals surface area contributed by atoms with Crippen molar-refractivity contribution in [2.75, 3.05) is 7.11 Å². The number of phenolic OH excluding ortho intramolecular Hbond substituents is 1. The summed E-state index contributed by atoms with van der Waals surface area (Å²) in [5, 5.41) is 9.19. The number of hydrogen-bond donors (Lipinski definition) is 1. The van der Waals surface area contributed by atoms with Crippen LogP contribution < -0.4 is 4.74 Å². The van der Waals surface area contributed by atoms with Gasteiger partial charge in [0.15, 0.2) is 11.6 Å². The Kier molecular flexibility index (Phi) is 6.08. The maximum atomic E-state index is 11.9. The van der Waals surface area contributed by atoms with E-state index in [-0.39, 0.29) is 23.7 Å². The summed E-state index contributed by atoms with van der Waals surface area (Å²) in [5.41, 5.74) is 1.55. The molecule has 1 N–H and O–H groups in total. The highest BCUT2D eigenvalue weighted by molar-refractivity contribution is 6.10. The van der Waals surface area contributed by atoms with Crippen molar-refractivity contribution >= 4 is 23.7 Å². The van der Waals surface area contributed by atoms with Crippen molar-refractivity contribution in [1.82, 2.24) is 0 Å². The first-order valence-electron chi connectivity index (χ1n) is 7.42. The average molecular weight is 322 g/mol. The van der Waals surface area contributed by atoms with Crippen LogP contribution in [0.4, 0.5) is 0 Å². The van der Waals surface area contributed by atoms with E-state index < -0.39 is 0 Å². The van der Waals surface area contributed by atoms with Crippen LogP contribution in [0.15, 0.2) is 60.7 Å². The van der Waals surface area contributed by atoms with Gasteiger partial charge in [-0.25, -0.2) is 0 Å². The number of methoxy groups -OCH3 is 1. The summed E-state index contributed by atoms with van der Waals surface area (Å²) < 4.78 is 5.20. The molecule has 2 aromatic rings. The fraction of sp³-hybridized carbons (Fsp3) is 0.100. The highest BCUT2D eigenvalue weighted by Gasteiger charge is 2.04. The minimum Gasteiger partial charge on any atom is -0.508 e. The van der Waals surface area contributed by atoms with Gasteiger partial charge < -0.3 is 9.84 Å². The molecular weight excluding hydrogens is 304 g/mol. The van der Waals surface area contributed by atoms with Crippen molar-refractivity contribution in [2.24, 2.45) is 0 Å². The van der Waals surface area contributed by atoms with Crippen molar-refractivity contribution in [1.29, 1.82) is 0 Å². The number of aromatic hydroxyl groups is 1. The lowest BCUT2D eigenvalue weighted by Gasteiger charge is -2.02. The standard InChI is InChI=1S/C20H18O4/c1-24-20-5-3-2-4-16(20)9-13-19(23)14-18(22)12-8-15-6-10-17(21)11-7-15/h2-13,21H,14H2,1H3. The summed E-state index contributed by atoms with van der Waals surface area (Å²) in [4.78, 5) is 23.7. The van der Waals surface area contributed by atoms with Crippen LogP contribution in [-0.4, -0.2) is 23.8 Å². The molecule has 0 heterocycles. The Hall–Kier alpha value is -3.14. The second-order valence-electron chi connectivity index (χ2n) is 5.11. The third-order valence-electron chi connectivity index (χ3n) is 3.29. The zero-order chi connectivity index (χ0) is 17.4. The van der Waals surface area contributed by atoms with Crippen LogP contribution >= 0.6 is 0 Å². The van der Waals surface area contributed by atoms with Crippen molar-refractivity contribution in [3.05, 3.63) is 71.8 Å². The zero-order valence-corrected chi connectivity index (χ0v) is 13.3. The molecule has 0 aliphatic heterocycles. The molecule has 4 heteroatoms. The molecule has 0 aromatic heterocycles. The summed E-state index contributed by atoms with van der Waals surface area (Å²) >= 11 is 0. The molecule has 2 rings (SSSR count). The van der Waals surface area contributed by atoms with E-state index in [1.807, 2.05) is 18.2 Å². The molecule has 0 amide bonds. The average Bonchev–Trinajstić information content (AvgIpc) is 2.59. The number of hydrogen-bond acceptors (Lipinski definition) is 4. The fourth-order valence-corrected chi connectivity index (χ4v) is 2.05. The zero-order valence-electron chi connectivity index (χ0n) is 13.3. The van der Waals surface area contributed by atoms with Crippen molar-refractivity contribution < 1.29 is 19.4 Å². The maximum Gasteiger partial charge on any atom is 0.163 e. The molecule has 0 saturated carbocycles. The topological polar surface area (TPSA) is 63.6 Å². The Morgan fingerprint density at radius 3 is 2.25 bits per heavy atom. The Morgan fingerprint density at radius 2 is 1.58 bits per heavy atom. The number of ether oxygens (including phenoxy) is 1.